The van der Waals surface area contributed by atoms with Crippen LogP contribution in [0.2, 0.25) is 5.02 Å². The van der Waals surface area contributed by atoms with Gasteiger partial charge >= 0.3 is 5.97 Å². The number of aromatic carboxylic acids is 1. The van der Waals surface area contributed by atoms with Crippen molar-refractivity contribution in [2.45, 2.75) is 19.4 Å². The average Bonchev–Trinajstić information content (AvgIpc) is 2.21. The lowest BCUT2D eigenvalue weighted by Gasteiger charge is -2.13. The van der Waals surface area contributed by atoms with E-state index in [4.69, 9.17) is 16.7 Å². The van der Waals surface area contributed by atoms with Crippen LogP contribution in [0.5, 0.6) is 0 Å². The van der Waals surface area contributed by atoms with E-state index in [9.17, 15) is 4.79 Å². The van der Waals surface area contributed by atoms with Gasteiger partial charge in [-0.15, -0.1) is 6.58 Å². The zero-order valence-electron chi connectivity index (χ0n) is 8.90. The van der Waals surface area contributed by atoms with Crippen molar-refractivity contribution in [3.8, 4) is 0 Å². The molecule has 0 bridgehead atoms. The standard InChI is InChI=1S/C11H13ClN2O2/c1-3-4-7(2)14-10-9(12)5-8(6-13-10)11(15)16/h3,5-7H,1,4H2,2H3,(H,13,14)(H,15,16). The van der Waals surface area contributed by atoms with Crippen molar-refractivity contribution < 1.29 is 9.90 Å². The van der Waals surface area contributed by atoms with E-state index in [1.807, 2.05) is 6.92 Å². The van der Waals surface area contributed by atoms with Crippen molar-refractivity contribution >= 4 is 23.4 Å². The van der Waals surface area contributed by atoms with E-state index in [-0.39, 0.29) is 11.6 Å². The number of carboxylic acid groups (broad SMARTS) is 1. The summed E-state index contributed by atoms with van der Waals surface area (Å²) in [5, 5.41) is 12.1. The van der Waals surface area contributed by atoms with Crippen molar-refractivity contribution in [3.05, 3.63) is 35.5 Å². The second-order valence-electron chi connectivity index (χ2n) is 3.43. The Morgan fingerprint density at radius 2 is 2.50 bits per heavy atom. The minimum absolute atomic E-state index is 0.0759. The van der Waals surface area contributed by atoms with E-state index in [0.29, 0.717) is 10.8 Å². The molecule has 0 spiro atoms. The van der Waals surface area contributed by atoms with Crippen LogP contribution in [-0.2, 0) is 0 Å². The molecule has 0 aliphatic heterocycles. The normalized spacial score (nSPS) is 11.9. The molecule has 1 unspecified atom stereocenters. The Kier molecular flexibility index (Phi) is 4.31. The number of nitrogens with one attached hydrogen (secondary N) is 1. The quantitative estimate of drug-likeness (QED) is 0.777. The molecule has 0 saturated carbocycles. The molecule has 1 aromatic rings. The summed E-state index contributed by atoms with van der Waals surface area (Å²) in [6.45, 7) is 5.59. The second-order valence-corrected chi connectivity index (χ2v) is 3.84. The molecule has 2 N–H and O–H groups in total. The fourth-order valence-corrected chi connectivity index (χ4v) is 1.42. The van der Waals surface area contributed by atoms with Gasteiger partial charge in [-0.1, -0.05) is 17.7 Å². The van der Waals surface area contributed by atoms with Crippen LogP contribution in [0, 0.1) is 0 Å². The van der Waals surface area contributed by atoms with Crippen molar-refractivity contribution in [2.24, 2.45) is 0 Å². The summed E-state index contributed by atoms with van der Waals surface area (Å²) in [7, 11) is 0. The third-order valence-electron chi connectivity index (χ3n) is 1.99. The topological polar surface area (TPSA) is 62.2 Å². The summed E-state index contributed by atoms with van der Waals surface area (Å²) >= 11 is 5.90. The van der Waals surface area contributed by atoms with Gasteiger partial charge in [-0.3, -0.25) is 0 Å². The van der Waals surface area contributed by atoms with E-state index in [0.717, 1.165) is 6.42 Å². The van der Waals surface area contributed by atoms with Gasteiger partial charge in [0.2, 0.25) is 0 Å². The third-order valence-corrected chi connectivity index (χ3v) is 2.28. The fraction of sp³-hybridized carbons (Fsp3) is 0.273. The summed E-state index contributed by atoms with van der Waals surface area (Å²) in [6, 6.07) is 1.53. The minimum atomic E-state index is -1.04. The molecule has 4 nitrogen and oxygen atoms in total. The third kappa shape index (κ3) is 3.24. The number of anilines is 1. The zero-order chi connectivity index (χ0) is 12.1. The first kappa shape index (κ1) is 12.5. The van der Waals surface area contributed by atoms with Gasteiger partial charge in [0.05, 0.1) is 10.6 Å². The molecule has 0 aliphatic carbocycles. The van der Waals surface area contributed by atoms with Crippen molar-refractivity contribution in [1.29, 1.82) is 0 Å². The van der Waals surface area contributed by atoms with Crippen LogP contribution in [0.4, 0.5) is 5.82 Å². The predicted molar refractivity (Wildman–Crippen MR) is 64.1 cm³/mol. The van der Waals surface area contributed by atoms with E-state index < -0.39 is 5.97 Å². The van der Waals surface area contributed by atoms with Crippen LogP contribution in [0.25, 0.3) is 0 Å². The zero-order valence-corrected chi connectivity index (χ0v) is 9.66. The van der Waals surface area contributed by atoms with Gasteiger partial charge in [0, 0.05) is 12.2 Å². The highest BCUT2D eigenvalue weighted by Gasteiger charge is 2.09. The van der Waals surface area contributed by atoms with Gasteiger partial charge in [-0.25, -0.2) is 9.78 Å². The van der Waals surface area contributed by atoms with E-state index >= 15 is 0 Å². The number of carboxylic acids is 1. The molecule has 0 aromatic carbocycles. The number of aromatic nitrogens is 1. The predicted octanol–water partition coefficient (Wildman–Crippen LogP) is 2.81. The number of hydrogen-bond acceptors (Lipinski definition) is 3. The summed E-state index contributed by atoms with van der Waals surface area (Å²) in [5.74, 6) is -0.555. The summed E-state index contributed by atoms with van der Waals surface area (Å²) in [5.41, 5.74) is 0.0759. The fourth-order valence-electron chi connectivity index (χ4n) is 1.20. The maximum Gasteiger partial charge on any atom is 0.337 e. The SMILES string of the molecule is C=CCC(C)Nc1ncc(C(=O)O)cc1Cl. The number of nitrogens with zero attached hydrogens (tertiary/aromatic N) is 1. The summed E-state index contributed by atoms with van der Waals surface area (Å²) in [6.07, 6.45) is 3.84. The maximum absolute atomic E-state index is 10.7. The summed E-state index contributed by atoms with van der Waals surface area (Å²) in [4.78, 5) is 14.6. The molecule has 1 aromatic heterocycles. The molecule has 0 saturated heterocycles. The van der Waals surface area contributed by atoms with Gasteiger partial charge in [0.25, 0.3) is 0 Å². The van der Waals surface area contributed by atoms with Crippen molar-refractivity contribution in [1.82, 2.24) is 4.98 Å². The van der Waals surface area contributed by atoms with Gasteiger partial charge < -0.3 is 10.4 Å². The van der Waals surface area contributed by atoms with Crippen molar-refractivity contribution in [2.75, 3.05) is 5.32 Å². The molecule has 0 fully saturated rings. The average molecular weight is 241 g/mol. The van der Waals surface area contributed by atoms with Gasteiger partial charge in [-0.05, 0) is 19.4 Å². The van der Waals surface area contributed by atoms with Gasteiger partial charge in [0.1, 0.15) is 5.82 Å². The van der Waals surface area contributed by atoms with Crippen LogP contribution >= 0.6 is 11.6 Å². The molecule has 0 amide bonds. The Morgan fingerprint density at radius 3 is 3.00 bits per heavy atom. The highest BCUT2D eigenvalue weighted by molar-refractivity contribution is 6.33. The highest BCUT2D eigenvalue weighted by atomic mass is 35.5. The number of carbonyl (C=O) groups is 1. The van der Waals surface area contributed by atoms with Crippen LogP contribution in [0.1, 0.15) is 23.7 Å². The number of halogens is 1. The Morgan fingerprint density at radius 1 is 1.81 bits per heavy atom. The summed E-state index contributed by atoms with van der Waals surface area (Å²) < 4.78 is 0. The Labute approximate surface area is 99.0 Å². The first-order valence-electron chi connectivity index (χ1n) is 4.81. The lowest BCUT2D eigenvalue weighted by atomic mass is 10.2. The molecule has 5 heteroatoms. The first-order chi connectivity index (χ1) is 7.54. The van der Waals surface area contributed by atoms with Crippen LogP contribution in [0.15, 0.2) is 24.9 Å². The number of pyridine rings is 1. The first-order valence-corrected chi connectivity index (χ1v) is 5.18. The van der Waals surface area contributed by atoms with Crippen LogP contribution in [-0.4, -0.2) is 22.1 Å². The molecular weight excluding hydrogens is 228 g/mol. The second kappa shape index (κ2) is 5.51. The molecular formula is C11H13ClN2O2. The van der Waals surface area contributed by atoms with Gasteiger partial charge in [0.15, 0.2) is 0 Å². The largest absolute Gasteiger partial charge is 0.478 e. The number of rotatable bonds is 5. The Balaban J connectivity index is 2.82. The molecule has 0 radical (unpaired) electrons. The molecule has 1 heterocycles. The number of hydrogen-bond donors (Lipinski definition) is 2. The van der Waals surface area contributed by atoms with Crippen molar-refractivity contribution in [3.63, 3.8) is 0 Å². The minimum Gasteiger partial charge on any atom is -0.478 e. The Bertz CT molecular complexity index is 407. The molecule has 0 aliphatic rings. The molecule has 86 valence electrons. The molecule has 1 rings (SSSR count). The molecule has 1 atom stereocenters. The lowest BCUT2D eigenvalue weighted by Crippen LogP contribution is -2.15. The maximum atomic E-state index is 10.7. The monoisotopic (exact) mass is 240 g/mol. The Hall–Kier alpha value is -1.55. The lowest BCUT2D eigenvalue weighted by molar-refractivity contribution is 0.0696. The highest BCUT2D eigenvalue weighted by Crippen LogP contribution is 2.21. The van der Waals surface area contributed by atoms with E-state index in [2.05, 4.69) is 16.9 Å². The van der Waals surface area contributed by atoms with Crippen LogP contribution in [0.3, 0.4) is 0 Å². The van der Waals surface area contributed by atoms with E-state index in [1.54, 1.807) is 6.08 Å². The smallest absolute Gasteiger partial charge is 0.337 e. The van der Waals surface area contributed by atoms with Crippen LogP contribution < -0.4 is 5.32 Å². The molecule has 16 heavy (non-hydrogen) atoms. The van der Waals surface area contributed by atoms with E-state index in [1.165, 1.54) is 12.3 Å². The van der Waals surface area contributed by atoms with Gasteiger partial charge in [-0.2, -0.15) is 0 Å².